The van der Waals surface area contributed by atoms with Gasteiger partial charge in [-0.2, -0.15) is 0 Å². The highest BCUT2D eigenvalue weighted by atomic mass is 16.5. The lowest BCUT2D eigenvalue weighted by Gasteiger charge is -2.35. The van der Waals surface area contributed by atoms with E-state index in [2.05, 4.69) is 15.6 Å². The molecule has 3 N–H and O–H groups in total. The maximum atomic E-state index is 13.8. The van der Waals surface area contributed by atoms with Crippen LogP contribution in [-0.2, 0) is 23.9 Å². The molecule has 2 heterocycles. The first-order chi connectivity index (χ1) is 18.9. The van der Waals surface area contributed by atoms with E-state index in [1.165, 1.54) is 11.0 Å². The summed E-state index contributed by atoms with van der Waals surface area (Å²) in [6.07, 6.45) is 2.81. The quantitative estimate of drug-likeness (QED) is 0.300. The predicted octanol–water partition coefficient (Wildman–Crippen LogP) is 2.45. The maximum absolute atomic E-state index is 13.8. The number of ether oxygens (including phenoxy) is 1. The third kappa shape index (κ3) is 7.87. The van der Waals surface area contributed by atoms with Crippen LogP contribution in [0.15, 0.2) is 48.6 Å². The van der Waals surface area contributed by atoms with Gasteiger partial charge in [0.2, 0.25) is 11.8 Å². The lowest BCUT2D eigenvalue weighted by atomic mass is 9.85. The van der Waals surface area contributed by atoms with Crippen molar-refractivity contribution in [2.45, 2.75) is 65.1 Å². The Morgan fingerprint density at radius 3 is 2.52 bits per heavy atom. The van der Waals surface area contributed by atoms with E-state index in [1.54, 1.807) is 25.1 Å². The molecule has 1 aliphatic heterocycles. The second-order valence-electron chi connectivity index (χ2n) is 10.7. The summed E-state index contributed by atoms with van der Waals surface area (Å²) < 4.78 is 4.82. The minimum absolute atomic E-state index is 0.153. The van der Waals surface area contributed by atoms with Gasteiger partial charge in [-0.25, -0.2) is 9.78 Å². The minimum Gasteiger partial charge on any atom is -0.481 e. The Balaban J connectivity index is 1.77. The van der Waals surface area contributed by atoms with Gasteiger partial charge in [-0.05, 0) is 37.3 Å². The number of carbonyl (C=O) groups is 5. The first kappa shape index (κ1) is 30.3. The van der Waals surface area contributed by atoms with Gasteiger partial charge in [0.1, 0.15) is 17.8 Å². The normalized spacial score (nSPS) is 16.9. The van der Waals surface area contributed by atoms with Gasteiger partial charge in [-0.3, -0.25) is 19.2 Å². The summed E-state index contributed by atoms with van der Waals surface area (Å²) in [6.45, 7) is 7.55. The van der Waals surface area contributed by atoms with E-state index in [0.29, 0.717) is 24.9 Å². The SMILES string of the molecule is CCOC(=O)/C=C/[C@H](CC(=O)O)NC(=O)[C@H]1CCCN1C(=O)[C@@H](NC(=O)c1ccc2ccccc2n1)C(C)(C)C. The van der Waals surface area contributed by atoms with Crippen molar-refractivity contribution >= 4 is 40.6 Å². The number of pyridine rings is 1. The fourth-order valence-corrected chi connectivity index (χ4v) is 4.53. The van der Waals surface area contributed by atoms with Crippen LogP contribution in [0, 0.1) is 5.41 Å². The van der Waals surface area contributed by atoms with Crippen molar-refractivity contribution in [1.29, 1.82) is 0 Å². The number of nitrogens with zero attached hydrogens (tertiary/aromatic N) is 2. The lowest BCUT2D eigenvalue weighted by Crippen LogP contribution is -2.58. The molecule has 0 radical (unpaired) electrons. The molecule has 0 saturated carbocycles. The van der Waals surface area contributed by atoms with Crippen LogP contribution in [0.2, 0.25) is 0 Å². The number of hydrogen-bond acceptors (Lipinski definition) is 7. The number of carboxylic acids is 1. The molecule has 1 aromatic carbocycles. The van der Waals surface area contributed by atoms with E-state index in [4.69, 9.17) is 4.74 Å². The van der Waals surface area contributed by atoms with E-state index in [1.807, 2.05) is 39.0 Å². The van der Waals surface area contributed by atoms with Crippen LogP contribution in [0.1, 0.15) is 57.4 Å². The van der Waals surface area contributed by atoms with E-state index in [9.17, 15) is 29.1 Å². The number of benzene rings is 1. The van der Waals surface area contributed by atoms with Crippen molar-refractivity contribution < 1.29 is 33.8 Å². The molecule has 40 heavy (non-hydrogen) atoms. The summed E-state index contributed by atoms with van der Waals surface area (Å²) in [5, 5.41) is 15.6. The first-order valence-corrected chi connectivity index (χ1v) is 13.2. The summed E-state index contributed by atoms with van der Waals surface area (Å²) in [5.41, 5.74) is 0.126. The zero-order valence-electron chi connectivity index (χ0n) is 23.2. The van der Waals surface area contributed by atoms with Gasteiger partial charge in [-0.15, -0.1) is 0 Å². The van der Waals surface area contributed by atoms with Crippen molar-refractivity contribution in [2.75, 3.05) is 13.2 Å². The number of nitrogens with one attached hydrogen (secondary N) is 2. The van der Waals surface area contributed by atoms with Crippen molar-refractivity contribution in [3.05, 3.63) is 54.2 Å². The molecule has 0 spiro atoms. The zero-order valence-corrected chi connectivity index (χ0v) is 23.2. The Bertz CT molecular complexity index is 1300. The van der Waals surface area contributed by atoms with Crippen LogP contribution in [0.25, 0.3) is 10.9 Å². The molecule has 1 saturated heterocycles. The number of hydrogen-bond donors (Lipinski definition) is 3. The average Bonchev–Trinajstić information content (AvgIpc) is 3.39. The number of aliphatic carboxylic acids is 1. The molecule has 214 valence electrons. The highest BCUT2D eigenvalue weighted by Gasteiger charge is 2.42. The molecule has 0 aliphatic carbocycles. The van der Waals surface area contributed by atoms with E-state index in [0.717, 1.165) is 11.5 Å². The first-order valence-electron chi connectivity index (χ1n) is 13.2. The van der Waals surface area contributed by atoms with Crippen molar-refractivity contribution in [2.24, 2.45) is 5.41 Å². The topological polar surface area (TPSA) is 155 Å². The van der Waals surface area contributed by atoms with E-state index in [-0.39, 0.29) is 12.3 Å². The summed E-state index contributed by atoms with van der Waals surface area (Å²) >= 11 is 0. The summed E-state index contributed by atoms with van der Waals surface area (Å²) in [7, 11) is 0. The predicted molar refractivity (Wildman–Crippen MR) is 147 cm³/mol. The molecule has 3 atom stereocenters. The maximum Gasteiger partial charge on any atom is 0.330 e. The van der Waals surface area contributed by atoms with E-state index < -0.39 is 59.6 Å². The standard InChI is InChI=1S/C29H36N4O7/c1-5-40-24(36)15-13-19(17-23(34)35)30-27(38)22-11-8-16-33(22)28(39)25(29(2,3)4)32-26(37)21-14-12-18-9-6-7-10-20(18)31-21/h6-7,9-10,12-15,19,22,25H,5,8,11,16-17H2,1-4H3,(H,30,38)(H,32,37)(H,34,35)/b15-13+/t19-,22-,25-/m1/s1. The number of likely N-dealkylation sites (tertiary alicyclic amines) is 1. The third-order valence-corrected chi connectivity index (χ3v) is 6.53. The molecular weight excluding hydrogens is 516 g/mol. The zero-order chi connectivity index (χ0) is 29.4. The molecule has 11 heteroatoms. The number of fused-ring (bicyclic) bond motifs is 1. The van der Waals surface area contributed by atoms with Crippen molar-refractivity contribution in [3.8, 4) is 0 Å². The van der Waals surface area contributed by atoms with Gasteiger partial charge in [0.25, 0.3) is 5.91 Å². The average molecular weight is 553 g/mol. The highest BCUT2D eigenvalue weighted by molar-refractivity contribution is 5.99. The summed E-state index contributed by atoms with van der Waals surface area (Å²) in [6, 6.07) is 7.97. The van der Waals surface area contributed by atoms with Crippen LogP contribution in [0.4, 0.5) is 0 Å². The van der Waals surface area contributed by atoms with Gasteiger partial charge in [0.15, 0.2) is 0 Å². The number of aromatic nitrogens is 1. The molecule has 11 nitrogen and oxygen atoms in total. The second-order valence-corrected chi connectivity index (χ2v) is 10.7. The largest absolute Gasteiger partial charge is 0.481 e. The fourth-order valence-electron chi connectivity index (χ4n) is 4.53. The van der Waals surface area contributed by atoms with Crippen molar-refractivity contribution in [1.82, 2.24) is 20.5 Å². The molecule has 3 amide bonds. The molecule has 0 bridgehead atoms. The number of amides is 3. The number of esters is 1. The highest BCUT2D eigenvalue weighted by Crippen LogP contribution is 2.26. The van der Waals surface area contributed by atoms with Crippen LogP contribution in [0.3, 0.4) is 0 Å². The Labute approximate surface area is 233 Å². The molecule has 0 unspecified atom stereocenters. The summed E-state index contributed by atoms with van der Waals surface area (Å²) in [4.78, 5) is 69.0. The molecule has 3 rings (SSSR count). The second kappa shape index (κ2) is 13.2. The smallest absolute Gasteiger partial charge is 0.330 e. The van der Waals surface area contributed by atoms with Gasteiger partial charge < -0.3 is 25.4 Å². The Kier molecular flexibility index (Phi) is 9.98. The summed E-state index contributed by atoms with van der Waals surface area (Å²) in [5.74, 6) is -3.30. The lowest BCUT2D eigenvalue weighted by molar-refractivity contribution is -0.142. The van der Waals surface area contributed by atoms with Gasteiger partial charge in [0, 0.05) is 18.0 Å². The Morgan fingerprint density at radius 2 is 1.85 bits per heavy atom. The number of para-hydroxylation sites is 1. The van der Waals surface area contributed by atoms with Crippen molar-refractivity contribution in [3.63, 3.8) is 0 Å². The van der Waals surface area contributed by atoms with Crippen LogP contribution >= 0.6 is 0 Å². The van der Waals surface area contributed by atoms with Gasteiger partial charge >= 0.3 is 11.9 Å². The molecule has 1 aromatic heterocycles. The monoisotopic (exact) mass is 552 g/mol. The number of rotatable bonds is 10. The Morgan fingerprint density at radius 1 is 1.12 bits per heavy atom. The number of carbonyl (C=O) groups excluding carboxylic acids is 4. The minimum atomic E-state index is -1.17. The molecule has 1 aliphatic rings. The fraction of sp³-hybridized carbons (Fsp3) is 0.448. The van der Waals surface area contributed by atoms with E-state index >= 15 is 0 Å². The molecule has 2 aromatic rings. The van der Waals surface area contributed by atoms with Crippen LogP contribution in [-0.4, -0.2) is 75.9 Å². The van der Waals surface area contributed by atoms with Crippen LogP contribution < -0.4 is 10.6 Å². The van der Waals surface area contributed by atoms with Crippen LogP contribution in [0.5, 0.6) is 0 Å². The molecular formula is C29H36N4O7. The number of carboxylic acid groups (broad SMARTS) is 1. The Hall–Kier alpha value is -4.28. The third-order valence-electron chi connectivity index (χ3n) is 6.53. The van der Waals surface area contributed by atoms with Gasteiger partial charge in [-0.1, -0.05) is 51.1 Å². The van der Waals surface area contributed by atoms with Gasteiger partial charge in [0.05, 0.1) is 24.6 Å². The molecule has 1 fully saturated rings.